The van der Waals surface area contributed by atoms with Crippen molar-refractivity contribution in [2.24, 2.45) is 0 Å². The van der Waals surface area contributed by atoms with Crippen molar-refractivity contribution in [3.63, 3.8) is 0 Å². The largest absolute Gasteiger partial charge is 0.394 e. The second-order valence-corrected chi connectivity index (χ2v) is 6.94. The third kappa shape index (κ3) is 5.16. The molecule has 1 N–H and O–H groups in total. The van der Waals surface area contributed by atoms with E-state index < -0.39 is 0 Å². The number of benzene rings is 2. The molecule has 3 rings (SSSR count). The summed E-state index contributed by atoms with van der Waals surface area (Å²) in [5.41, 5.74) is 2.49. The van der Waals surface area contributed by atoms with Crippen LogP contribution in [0.2, 0.25) is 0 Å². The Bertz CT molecular complexity index is 675. The Hall–Kier alpha value is -2.17. The summed E-state index contributed by atoms with van der Waals surface area (Å²) in [5, 5.41) is 9.86. The molecule has 0 spiro atoms. The van der Waals surface area contributed by atoms with E-state index in [-0.39, 0.29) is 18.6 Å². The molecular formula is C22H28N2O2. The van der Waals surface area contributed by atoms with E-state index in [0.29, 0.717) is 19.4 Å². The van der Waals surface area contributed by atoms with Crippen molar-refractivity contribution in [2.75, 3.05) is 32.8 Å². The van der Waals surface area contributed by atoms with Gasteiger partial charge in [-0.25, -0.2) is 0 Å². The van der Waals surface area contributed by atoms with Gasteiger partial charge in [-0.05, 0) is 24.0 Å². The zero-order chi connectivity index (χ0) is 18.2. The number of aliphatic hydroxyl groups excluding tert-OH is 1. The lowest BCUT2D eigenvalue weighted by atomic mass is 10.0. The van der Waals surface area contributed by atoms with Crippen molar-refractivity contribution in [3.8, 4) is 0 Å². The zero-order valence-corrected chi connectivity index (χ0v) is 15.3. The quantitative estimate of drug-likeness (QED) is 0.832. The van der Waals surface area contributed by atoms with Gasteiger partial charge in [0.2, 0.25) is 5.91 Å². The molecule has 1 atom stereocenters. The molecule has 1 fully saturated rings. The van der Waals surface area contributed by atoms with Crippen LogP contribution in [-0.2, 0) is 17.6 Å². The van der Waals surface area contributed by atoms with Crippen LogP contribution in [0.15, 0.2) is 60.7 Å². The predicted octanol–water partition coefficient (Wildman–Crippen LogP) is 2.37. The molecule has 1 aliphatic heterocycles. The highest BCUT2D eigenvalue weighted by Crippen LogP contribution is 2.14. The van der Waals surface area contributed by atoms with Crippen LogP contribution in [-0.4, -0.2) is 59.6 Å². The van der Waals surface area contributed by atoms with E-state index in [0.717, 1.165) is 31.6 Å². The van der Waals surface area contributed by atoms with Crippen LogP contribution in [0.5, 0.6) is 0 Å². The van der Waals surface area contributed by atoms with Gasteiger partial charge in [-0.15, -0.1) is 0 Å². The van der Waals surface area contributed by atoms with Crippen LogP contribution >= 0.6 is 0 Å². The molecule has 26 heavy (non-hydrogen) atoms. The van der Waals surface area contributed by atoms with Gasteiger partial charge in [-0.2, -0.15) is 0 Å². The molecule has 1 unspecified atom stereocenters. The fourth-order valence-electron chi connectivity index (χ4n) is 3.58. The number of carbonyl (C=O) groups is 1. The van der Waals surface area contributed by atoms with E-state index in [2.05, 4.69) is 41.3 Å². The first-order chi connectivity index (χ1) is 12.8. The summed E-state index contributed by atoms with van der Waals surface area (Å²) in [6.45, 7) is 3.32. The predicted molar refractivity (Wildman–Crippen MR) is 104 cm³/mol. The number of nitrogens with zero attached hydrogens (tertiary/aromatic N) is 2. The van der Waals surface area contributed by atoms with Gasteiger partial charge in [0.15, 0.2) is 0 Å². The highest BCUT2D eigenvalue weighted by atomic mass is 16.3. The molecular weight excluding hydrogens is 324 g/mol. The maximum atomic E-state index is 12.6. The molecule has 1 saturated heterocycles. The van der Waals surface area contributed by atoms with Crippen LogP contribution in [0.1, 0.15) is 17.5 Å². The van der Waals surface area contributed by atoms with E-state index in [1.807, 2.05) is 29.2 Å². The number of aliphatic hydroxyl groups is 1. The lowest BCUT2D eigenvalue weighted by molar-refractivity contribution is -0.133. The van der Waals surface area contributed by atoms with E-state index in [9.17, 15) is 9.90 Å². The fraction of sp³-hybridized carbons (Fsp3) is 0.409. The topological polar surface area (TPSA) is 43.8 Å². The maximum Gasteiger partial charge on any atom is 0.224 e. The van der Waals surface area contributed by atoms with Gasteiger partial charge >= 0.3 is 0 Å². The van der Waals surface area contributed by atoms with E-state index in [1.54, 1.807) is 0 Å². The Morgan fingerprint density at radius 3 is 2.19 bits per heavy atom. The van der Waals surface area contributed by atoms with Crippen molar-refractivity contribution >= 4 is 5.91 Å². The maximum absolute atomic E-state index is 12.6. The van der Waals surface area contributed by atoms with Crippen molar-refractivity contribution < 1.29 is 9.90 Å². The summed E-state index contributed by atoms with van der Waals surface area (Å²) < 4.78 is 0. The van der Waals surface area contributed by atoms with Gasteiger partial charge in [0.05, 0.1) is 12.6 Å². The highest BCUT2D eigenvalue weighted by Gasteiger charge is 2.26. The Kier molecular flexibility index (Phi) is 6.81. The SMILES string of the molecule is O=C1CCN(CCc2ccccc2)CCN1C(CO)Cc1ccccc1. The van der Waals surface area contributed by atoms with Crippen molar-refractivity contribution in [1.29, 1.82) is 0 Å². The molecule has 4 heteroatoms. The summed E-state index contributed by atoms with van der Waals surface area (Å²) >= 11 is 0. The monoisotopic (exact) mass is 352 g/mol. The van der Waals surface area contributed by atoms with Gasteiger partial charge in [0, 0.05) is 32.6 Å². The second-order valence-electron chi connectivity index (χ2n) is 6.94. The van der Waals surface area contributed by atoms with Crippen LogP contribution in [0.3, 0.4) is 0 Å². The Labute approximate surface area is 156 Å². The number of amides is 1. The molecule has 0 bridgehead atoms. The first kappa shape index (κ1) is 18.6. The van der Waals surface area contributed by atoms with Gasteiger partial charge in [0.25, 0.3) is 0 Å². The standard InChI is InChI=1S/C22H28N2O2/c25-18-21(17-20-9-5-2-6-10-20)24-16-15-23(14-12-22(24)26)13-11-19-7-3-1-4-8-19/h1-10,21,25H,11-18H2. The van der Waals surface area contributed by atoms with Gasteiger partial charge < -0.3 is 14.9 Å². The first-order valence-corrected chi connectivity index (χ1v) is 9.47. The van der Waals surface area contributed by atoms with Gasteiger partial charge in [-0.3, -0.25) is 4.79 Å². The third-order valence-corrected chi connectivity index (χ3v) is 5.14. The minimum Gasteiger partial charge on any atom is -0.394 e. The minimum atomic E-state index is -0.140. The average molecular weight is 352 g/mol. The van der Waals surface area contributed by atoms with Crippen molar-refractivity contribution in [2.45, 2.75) is 25.3 Å². The highest BCUT2D eigenvalue weighted by molar-refractivity contribution is 5.77. The third-order valence-electron chi connectivity index (χ3n) is 5.14. The molecule has 2 aromatic rings. The molecule has 0 saturated carbocycles. The van der Waals surface area contributed by atoms with Crippen LogP contribution < -0.4 is 0 Å². The van der Waals surface area contributed by atoms with E-state index in [1.165, 1.54) is 5.56 Å². The summed E-state index contributed by atoms with van der Waals surface area (Å²) in [7, 11) is 0. The summed E-state index contributed by atoms with van der Waals surface area (Å²) in [6, 6.07) is 20.4. The van der Waals surface area contributed by atoms with Crippen LogP contribution in [0.25, 0.3) is 0 Å². The number of hydrogen-bond donors (Lipinski definition) is 1. The Morgan fingerprint density at radius 1 is 0.885 bits per heavy atom. The molecule has 4 nitrogen and oxygen atoms in total. The van der Waals surface area contributed by atoms with Gasteiger partial charge in [-0.1, -0.05) is 60.7 Å². The molecule has 0 aromatic heterocycles. The second kappa shape index (κ2) is 9.51. The van der Waals surface area contributed by atoms with Crippen molar-refractivity contribution in [3.05, 3.63) is 71.8 Å². The average Bonchev–Trinajstić information content (AvgIpc) is 2.88. The number of carbonyl (C=O) groups excluding carboxylic acids is 1. The molecule has 1 amide bonds. The summed E-state index contributed by atoms with van der Waals surface area (Å²) in [5.74, 6) is 0.155. The molecule has 1 heterocycles. The Morgan fingerprint density at radius 2 is 1.54 bits per heavy atom. The van der Waals surface area contributed by atoms with Crippen LogP contribution in [0.4, 0.5) is 0 Å². The van der Waals surface area contributed by atoms with Crippen molar-refractivity contribution in [1.82, 2.24) is 9.80 Å². The summed E-state index contributed by atoms with van der Waals surface area (Å²) in [6.07, 6.45) is 2.23. The lowest BCUT2D eigenvalue weighted by Crippen LogP contribution is -2.44. The number of hydrogen-bond acceptors (Lipinski definition) is 3. The smallest absolute Gasteiger partial charge is 0.224 e. The molecule has 1 aliphatic rings. The molecule has 138 valence electrons. The summed E-state index contributed by atoms with van der Waals surface area (Å²) in [4.78, 5) is 16.9. The minimum absolute atomic E-state index is 0.00461. The van der Waals surface area contributed by atoms with Crippen LogP contribution in [0, 0.1) is 0 Å². The van der Waals surface area contributed by atoms with E-state index >= 15 is 0 Å². The molecule has 0 radical (unpaired) electrons. The fourth-order valence-corrected chi connectivity index (χ4v) is 3.58. The normalized spacial score (nSPS) is 17.1. The van der Waals surface area contributed by atoms with E-state index in [4.69, 9.17) is 0 Å². The first-order valence-electron chi connectivity index (χ1n) is 9.47. The van der Waals surface area contributed by atoms with Gasteiger partial charge in [0.1, 0.15) is 0 Å². The molecule has 0 aliphatic carbocycles. The molecule has 2 aromatic carbocycles. The zero-order valence-electron chi connectivity index (χ0n) is 15.3. The Balaban J connectivity index is 1.56. The number of rotatable bonds is 7. The lowest BCUT2D eigenvalue weighted by Gasteiger charge is -2.30.